The van der Waals surface area contributed by atoms with E-state index in [1.807, 2.05) is 32.0 Å². The molecule has 1 atom stereocenters. The lowest BCUT2D eigenvalue weighted by Gasteiger charge is -2.14. The second-order valence-electron chi connectivity index (χ2n) is 5.21. The van der Waals surface area contributed by atoms with Crippen molar-refractivity contribution >= 4 is 22.6 Å². The van der Waals surface area contributed by atoms with Crippen molar-refractivity contribution in [3.8, 4) is 11.5 Å². The summed E-state index contributed by atoms with van der Waals surface area (Å²) in [7, 11) is 0. The van der Waals surface area contributed by atoms with Crippen molar-refractivity contribution in [1.82, 2.24) is 0 Å². The van der Waals surface area contributed by atoms with E-state index in [-0.39, 0.29) is 0 Å². The summed E-state index contributed by atoms with van der Waals surface area (Å²) in [5.74, 6) is 3.28. The maximum atomic E-state index is 5.67. The van der Waals surface area contributed by atoms with Crippen LogP contribution < -0.4 is 14.8 Å². The van der Waals surface area contributed by atoms with Gasteiger partial charge in [0.25, 0.3) is 0 Å². The first kappa shape index (κ1) is 16.0. The average Bonchev–Trinajstić information content (AvgIpc) is 2.91. The van der Waals surface area contributed by atoms with Crippen molar-refractivity contribution in [2.75, 3.05) is 24.3 Å². The van der Waals surface area contributed by atoms with E-state index >= 15 is 0 Å². The van der Waals surface area contributed by atoms with Crippen LogP contribution in [0.1, 0.15) is 27.7 Å². The third-order valence-corrected chi connectivity index (χ3v) is 4.24. The maximum absolute atomic E-state index is 5.67. The van der Waals surface area contributed by atoms with Crippen LogP contribution in [0.5, 0.6) is 11.5 Å². The van der Waals surface area contributed by atoms with Crippen molar-refractivity contribution in [3.05, 3.63) is 18.2 Å². The van der Waals surface area contributed by atoms with Gasteiger partial charge in [0.2, 0.25) is 0 Å². The fourth-order valence-electron chi connectivity index (χ4n) is 2.06. The Kier molecular flexibility index (Phi) is 5.79. The zero-order valence-corrected chi connectivity index (χ0v) is 14.0. The largest absolute Gasteiger partial charge is 0.494 e. The molecule has 1 aromatic rings. The molecular formula is C16H24N2O2S. The molecule has 2 rings (SSSR count). The van der Waals surface area contributed by atoms with Crippen LogP contribution in [0.25, 0.3) is 0 Å². The molecule has 0 amide bonds. The van der Waals surface area contributed by atoms with Crippen LogP contribution in [0.15, 0.2) is 23.2 Å². The normalized spacial score (nSPS) is 17.8. The standard InChI is InChI=1S/C16H24N2O2S/c1-5-19-12-7-8-15(20-6-2)13(9-12)17-16-18-14(10-21-16)11(3)4/h7-9,11,14H,5-6,10H2,1-4H3,(H,17,18)/t14-/m1/s1. The predicted molar refractivity (Wildman–Crippen MR) is 90.9 cm³/mol. The first-order chi connectivity index (χ1) is 10.1. The third-order valence-electron chi connectivity index (χ3n) is 3.25. The van der Waals surface area contributed by atoms with Crippen molar-refractivity contribution in [2.45, 2.75) is 33.7 Å². The minimum atomic E-state index is 0.392. The number of hydrogen-bond donors (Lipinski definition) is 1. The van der Waals surface area contributed by atoms with Crippen LogP contribution in [0.2, 0.25) is 0 Å². The molecule has 21 heavy (non-hydrogen) atoms. The highest BCUT2D eigenvalue weighted by atomic mass is 32.2. The number of hydrogen-bond acceptors (Lipinski definition) is 5. The highest BCUT2D eigenvalue weighted by molar-refractivity contribution is 8.14. The Labute approximate surface area is 131 Å². The molecule has 1 aromatic carbocycles. The lowest BCUT2D eigenvalue weighted by molar-refractivity contribution is 0.332. The Morgan fingerprint density at radius 3 is 2.67 bits per heavy atom. The van der Waals surface area contributed by atoms with Crippen molar-refractivity contribution in [3.63, 3.8) is 0 Å². The smallest absolute Gasteiger partial charge is 0.161 e. The molecule has 4 nitrogen and oxygen atoms in total. The molecule has 0 saturated heterocycles. The molecule has 0 bridgehead atoms. The second-order valence-corrected chi connectivity index (χ2v) is 6.21. The van der Waals surface area contributed by atoms with Gasteiger partial charge in [-0.1, -0.05) is 25.6 Å². The highest BCUT2D eigenvalue weighted by Gasteiger charge is 2.22. The van der Waals surface area contributed by atoms with Gasteiger partial charge in [0.05, 0.1) is 24.9 Å². The van der Waals surface area contributed by atoms with Gasteiger partial charge in [0, 0.05) is 11.8 Å². The quantitative estimate of drug-likeness (QED) is 0.862. The second kappa shape index (κ2) is 7.59. The van der Waals surface area contributed by atoms with Gasteiger partial charge in [-0.15, -0.1) is 0 Å². The number of nitrogens with zero attached hydrogens (tertiary/aromatic N) is 1. The van der Waals surface area contributed by atoms with Gasteiger partial charge in [0.1, 0.15) is 11.5 Å². The monoisotopic (exact) mass is 308 g/mol. The van der Waals surface area contributed by atoms with E-state index < -0.39 is 0 Å². The molecule has 5 heteroatoms. The number of thioether (sulfide) groups is 1. The fraction of sp³-hybridized carbons (Fsp3) is 0.562. The number of amidine groups is 1. The van der Waals surface area contributed by atoms with E-state index in [9.17, 15) is 0 Å². The zero-order valence-electron chi connectivity index (χ0n) is 13.2. The number of rotatable bonds is 6. The topological polar surface area (TPSA) is 42.9 Å². The van der Waals surface area contributed by atoms with Crippen molar-refractivity contribution in [2.24, 2.45) is 10.9 Å². The Balaban J connectivity index is 2.17. The molecule has 0 radical (unpaired) electrons. The van der Waals surface area contributed by atoms with Crippen molar-refractivity contribution in [1.29, 1.82) is 0 Å². The average molecular weight is 308 g/mol. The highest BCUT2D eigenvalue weighted by Crippen LogP contribution is 2.32. The van der Waals surface area contributed by atoms with Crippen LogP contribution in [-0.2, 0) is 0 Å². The van der Waals surface area contributed by atoms with Crippen LogP contribution in [0, 0.1) is 5.92 Å². The number of aliphatic imine (C=N–C) groups is 1. The number of nitrogens with one attached hydrogen (secondary N) is 1. The molecule has 0 unspecified atom stereocenters. The van der Waals surface area contributed by atoms with Crippen molar-refractivity contribution < 1.29 is 9.47 Å². The van der Waals surface area contributed by atoms with Gasteiger partial charge in [-0.25, -0.2) is 0 Å². The summed E-state index contributed by atoms with van der Waals surface area (Å²) >= 11 is 1.76. The lowest BCUT2D eigenvalue weighted by Crippen LogP contribution is -2.12. The Morgan fingerprint density at radius 1 is 1.29 bits per heavy atom. The first-order valence-corrected chi connectivity index (χ1v) is 8.49. The molecular weight excluding hydrogens is 284 g/mol. The molecule has 0 fully saturated rings. The van der Waals surface area contributed by atoms with Gasteiger partial charge in [0.15, 0.2) is 5.17 Å². The summed E-state index contributed by atoms with van der Waals surface area (Å²) in [4.78, 5) is 4.73. The van der Waals surface area contributed by atoms with E-state index in [4.69, 9.17) is 14.5 Å². The minimum Gasteiger partial charge on any atom is -0.494 e. The molecule has 0 spiro atoms. The third kappa shape index (κ3) is 4.30. The van der Waals surface area contributed by atoms with E-state index in [1.54, 1.807) is 11.8 Å². The molecule has 1 aliphatic rings. The maximum Gasteiger partial charge on any atom is 0.161 e. The van der Waals surface area contributed by atoms with Gasteiger partial charge in [-0.3, -0.25) is 4.99 Å². The van der Waals surface area contributed by atoms with E-state index in [0.29, 0.717) is 25.2 Å². The molecule has 116 valence electrons. The molecule has 1 N–H and O–H groups in total. The summed E-state index contributed by atoms with van der Waals surface area (Å²) in [6, 6.07) is 6.24. The summed E-state index contributed by atoms with van der Waals surface area (Å²) in [5.41, 5.74) is 0.915. The minimum absolute atomic E-state index is 0.392. The Morgan fingerprint density at radius 2 is 2.05 bits per heavy atom. The zero-order chi connectivity index (χ0) is 15.2. The van der Waals surface area contributed by atoms with Crippen LogP contribution >= 0.6 is 11.8 Å². The summed E-state index contributed by atoms with van der Waals surface area (Å²) < 4.78 is 11.2. The SMILES string of the molecule is CCOc1ccc(OCC)c(NC2=N[C@@H](C(C)C)CS2)c1. The van der Waals surface area contributed by atoms with Gasteiger partial charge in [-0.2, -0.15) is 0 Å². The molecule has 0 saturated carbocycles. The van der Waals surface area contributed by atoms with Crippen LogP contribution in [0.4, 0.5) is 5.69 Å². The number of ether oxygens (including phenoxy) is 2. The van der Waals surface area contributed by atoms with E-state index in [0.717, 1.165) is 28.1 Å². The first-order valence-electron chi connectivity index (χ1n) is 7.51. The van der Waals surface area contributed by atoms with Gasteiger partial charge >= 0.3 is 0 Å². The number of anilines is 1. The van der Waals surface area contributed by atoms with Gasteiger partial charge < -0.3 is 14.8 Å². The Bertz CT molecular complexity index is 503. The fourth-order valence-corrected chi connectivity index (χ4v) is 3.24. The number of benzene rings is 1. The Hall–Kier alpha value is -1.36. The van der Waals surface area contributed by atoms with Gasteiger partial charge in [-0.05, 0) is 31.9 Å². The van der Waals surface area contributed by atoms with Crippen LogP contribution in [-0.4, -0.2) is 30.2 Å². The lowest BCUT2D eigenvalue weighted by atomic mass is 10.1. The van der Waals surface area contributed by atoms with E-state index in [2.05, 4.69) is 19.2 Å². The molecule has 0 aliphatic carbocycles. The summed E-state index contributed by atoms with van der Waals surface area (Å²) in [6.45, 7) is 9.66. The molecule has 1 heterocycles. The predicted octanol–water partition coefficient (Wildman–Crippen LogP) is 4.02. The summed E-state index contributed by atoms with van der Waals surface area (Å²) in [5, 5.41) is 4.35. The molecule has 0 aromatic heterocycles. The summed E-state index contributed by atoms with van der Waals surface area (Å²) in [6.07, 6.45) is 0. The van der Waals surface area contributed by atoms with Crippen LogP contribution in [0.3, 0.4) is 0 Å². The molecule has 1 aliphatic heterocycles. The van der Waals surface area contributed by atoms with E-state index in [1.165, 1.54) is 0 Å².